The highest BCUT2D eigenvalue weighted by molar-refractivity contribution is 5.54. The van der Waals surface area contributed by atoms with E-state index in [-0.39, 0.29) is 11.7 Å². The number of rotatable bonds is 4. The van der Waals surface area contributed by atoms with Crippen LogP contribution in [0, 0.1) is 5.82 Å². The van der Waals surface area contributed by atoms with Crippen molar-refractivity contribution in [2.75, 3.05) is 26.3 Å². The van der Waals surface area contributed by atoms with Gasteiger partial charge in [0.15, 0.2) is 11.5 Å². The molecule has 6 nitrogen and oxygen atoms in total. The first-order valence-electron chi connectivity index (χ1n) is 9.95. The molecule has 150 valence electrons. The van der Waals surface area contributed by atoms with Crippen LogP contribution in [0.2, 0.25) is 0 Å². The van der Waals surface area contributed by atoms with Crippen LogP contribution in [0.3, 0.4) is 0 Å². The molecule has 5 rings (SSSR count). The Morgan fingerprint density at radius 3 is 2.93 bits per heavy atom. The van der Waals surface area contributed by atoms with Crippen LogP contribution in [0.15, 0.2) is 47.0 Å². The third-order valence-corrected chi connectivity index (χ3v) is 5.42. The molecule has 7 heteroatoms. The molecule has 0 spiro atoms. The van der Waals surface area contributed by atoms with Gasteiger partial charge >= 0.3 is 0 Å². The molecule has 0 saturated carbocycles. The molecule has 0 radical (unpaired) electrons. The molecule has 0 amide bonds. The maximum absolute atomic E-state index is 13.5. The standard InChI is InChI=1S/C22H22FN3O3/c23-18-7-1-4-15(12-18)21-24-22(29-25-21)17-6-3-9-26(14-17)13-16-5-2-8-19-20(16)28-11-10-27-19/h1-2,4-5,7-8,12,17H,3,6,9-11,13-14H2. The molecule has 3 aromatic rings. The average Bonchev–Trinajstić information content (AvgIpc) is 3.25. The lowest BCUT2D eigenvalue weighted by Crippen LogP contribution is -2.34. The monoisotopic (exact) mass is 395 g/mol. The van der Waals surface area contributed by atoms with Crippen molar-refractivity contribution in [2.24, 2.45) is 0 Å². The number of benzene rings is 2. The molecule has 1 saturated heterocycles. The molecule has 1 aromatic heterocycles. The van der Waals surface area contributed by atoms with Crippen molar-refractivity contribution < 1.29 is 18.4 Å². The number of hydrogen-bond acceptors (Lipinski definition) is 6. The van der Waals surface area contributed by atoms with E-state index in [0.717, 1.165) is 49.5 Å². The highest BCUT2D eigenvalue weighted by Gasteiger charge is 2.27. The van der Waals surface area contributed by atoms with Gasteiger partial charge in [-0.05, 0) is 37.6 Å². The van der Waals surface area contributed by atoms with Crippen LogP contribution in [0.25, 0.3) is 11.4 Å². The van der Waals surface area contributed by atoms with Gasteiger partial charge in [-0.15, -0.1) is 0 Å². The molecule has 0 N–H and O–H groups in total. The first-order valence-corrected chi connectivity index (χ1v) is 9.95. The van der Waals surface area contributed by atoms with Gasteiger partial charge in [-0.25, -0.2) is 4.39 Å². The van der Waals surface area contributed by atoms with Gasteiger partial charge in [0.2, 0.25) is 11.7 Å². The lowest BCUT2D eigenvalue weighted by atomic mass is 9.97. The number of ether oxygens (including phenoxy) is 2. The van der Waals surface area contributed by atoms with Gasteiger partial charge in [0.25, 0.3) is 0 Å². The summed E-state index contributed by atoms with van der Waals surface area (Å²) in [5, 5.41) is 4.06. The van der Waals surface area contributed by atoms with Crippen molar-refractivity contribution in [3.63, 3.8) is 0 Å². The van der Waals surface area contributed by atoms with E-state index >= 15 is 0 Å². The summed E-state index contributed by atoms with van der Waals surface area (Å²) in [6.45, 7) is 3.79. The minimum atomic E-state index is -0.310. The number of fused-ring (bicyclic) bond motifs is 1. The maximum Gasteiger partial charge on any atom is 0.231 e. The van der Waals surface area contributed by atoms with E-state index < -0.39 is 0 Å². The van der Waals surface area contributed by atoms with Crippen molar-refractivity contribution >= 4 is 0 Å². The molecule has 1 atom stereocenters. The van der Waals surface area contributed by atoms with Gasteiger partial charge in [0.1, 0.15) is 19.0 Å². The first kappa shape index (κ1) is 18.1. The summed E-state index contributed by atoms with van der Waals surface area (Å²) in [5.41, 5.74) is 1.76. The summed E-state index contributed by atoms with van der Waals surface area (Å²) in [4.78, 5) is 6.92. The fourth-order valence-electron chi connectivity index (χ4n) is 4.05. The van der Waals surface area contributed by atoms with Gasteiger partial charge < -0.3 is 14.0 Å². The van der Waals surface area contributed by atoms with Crippen LogP contribution in [0.1, 0.15) is 30.2 Å². The zero-order valence-corrected chi connectivity index (χ0v) is 16.0. The smallest absolute Gasteiger partial charge is 0.231 e. The number of piperidine rings is 1. The zero-order valence-electron chi connectivity index (χ0n) is 16.0. The molecular weight excluding hydrogens is 373 g/mol. The minimum Gasteiger partial charge on any atom is -0.486 e. The van der Waals surface area contributed by atoms with Crippen LogP contribution in [0.5, 0.6) is 11.5 Å². The number of para-hydroxylation sites is 1. The minimum absolute atomic E-state index is 0.162. The number of likely N-dealkylation sites (tertiary alicyclic amines) is 1. The highest BCUT2D eigenvalue weighted by atomic mass is 19.1. The van der Waals surface area contributed by atoms with Gasteiger partial charge in [-0.1, -0.05) is 29.4 Å². The molecule has 3 heterocycles. The zero-order chi connectivity index (χ0) is 19.6. The fraction of sp³-hybridized carbons (Fsp3) is 0.364. The Morgan fingerprint density at radius 1 is 1.10 bits per heavy atom. The Balaban J connectivity index is 1.30. The van der Waals surface area contributed by atoms with Crippen LogP contribution in [0.4, 0.5) is 4.39 Å². The number of halogens is 1. The second kappa shape index (κ2) is 7.83. The Bertz CT molecular complexity index is 1010. The number of nitrogens with zero attached hydrogens (tertiary/aromatic N) is 3. The lowest BCUT2D eigenvalue weighted by molar-refractivity contribution is 0.158. The normalized spacial score (nSPS) is 19.3. The van der Waals surface area contributed by atoms with Gasteiger partial charge in [-0.3, -0.25) is 4.90 Å². The Hall–Kier alpha value is -2.93. The molecular formula is C22H22FN3O3. The van der Waals surface area contributed by atoms with Crippen molar-refractivity contribution in [3.8, 4) is 22.9 Å². The lowest BCUT2D eigenvalue weighted by Gasteiger charge is -2.32. The summed E-state index contributed by atoms with van der Waals surface area (Å²) in [5.74, 6) is 2.57. The third-order valence-electron chi connectivity index (χ3n) is 5.42. The van der Waals surface area contributed by atoms with Crippen LogP contribution in [-0.4, -0.2) is 41.3 Å². The molecule has 29 heavy (non-hydrogen) atoms. The number of aromatic nitrogens is 2. The predicted molar refractivity (Wildman–Crippen MR) is 104 cm³/mol. The van der Waals surface area contributed by atoms with Gasteiger partial charge in [0.05, 0.1) is 5.92 Å². The topological polar surface area (TPSA) is 60.6 Å². The Kier molecular flexibility index (Phi) is 4.89. The molecule has 1 fully saturated rings. The van der Waals surface area contributed by atoms with E-state index in [2.05, 4.69) is 21.1 Å². The SMILES string of the molecule is Fc1cccc(-c2noc(C3CCCN(Cc4cccc5c4OCCO5)C3)n2)c1. The van der Waals surface area contributed by atoms with Crippen molar-refractivity contribution in [1.29, 1.82) is 0 Å². The van der Waals surface area contributed by atoms with Crippen LogP contribution >= 0.6 is 0 Å². The fourth-order valence-corrected chi connectivity index (χ4v) is 4.05. The van der Waals surface area contributed by atoms with E-state index in [1.807, 2.05) is 12.1 Å². The summed E-state index contributed by atoms with van der Waals surface area (Å²) >= 11 is 0. The van der Waals surface area contributed by atoms with Crippen molar-refractivity contribution in [3.05, 3.63) is 59.7 Å². The highest BCUT2D eigenvalue weighted by Crippen LogP contribution is 2.35. The van der Waals surface area contributed by atoms with E-state index in [9.17, 15) is 4.39 Å². The first-order chi connectivity index (χ1) is 14.3. The van der Waals surface area contributed by atoms with Crippen molar-refractivity contribution in [1.82, 2.24) is 15.0 Å². The summed E-state index contributed by atoms with van der Waals surface area (Å²) in [6.07, 6.45) is 2.04. The number of hydrogen-bond donors (Lipinski definition) is 0. The Morgan fingerprint density at radius 2 is 2.00 bits per heavy atom. The molecule has 2 aliphatic heterocycles. The second-order valence-corrected chi connectivity index (χ2v) is 7.48. The summed E-state index contributed by atoms with van der Waals surface area (Å²) < 4.78 is 30.6. The van der Waals surface area contributed by atoms with E-state index in [4.69, 9.17) is 14.0 Å². The van der Waals surface area contributed by atoms with E-state index in [1.54, 1.807) is 12.1 Å². The van der Waals surface area contributed by atoms with Crippen LogP contribution < -0.4 is 9.47 Å². The van der Waals surface area contributed by atoms with E-state index in [1.165, 1.54) is 12.1 Å². The molecule has 2 aromatic carbocycles. The quantitative estimate of drug-likeness (QED) is 0.665. The summed E-state index contributed by atoms with van der Waals surface area (Å²) in [6, 6.07) is 12.3. The largest absolute Gasteiger partial charge is 0.486 e. The molecule has 0 bridgehead atoms. The van der Waals surface area contributed by atoms with Gasteiger partial charge in [0, 0.05) is 24.2 Å². The van der Waals surface area contributed by atoms with Gasteiger partial charge in [-0.2, -0.15) is 4.98 Å². The summed E-state index contributed by atoms with van der Waals surface area (Å²) in [7, 11) is 0. The average molecular weight is 395 g/mol. The van der Waals surface area contributed by atoms with E-state index in [0.29, 0.717) is 30.5 Å². The maximum atomic E-state index is 13.5. The third kappa shape index (κ3) is 3.82. The Labute approximate surface area is 168 Å². The van der Waals surface area contributed by atoms with Crippen molar-refractivity contribution in [2.45, 2.75) is 25.3 Å². The molecule has 2 aliphatic rings. The van der Waals surface area contributed by atoms with Crippen LogP contribution in [-0.2, 0) is 6.54 Å². The second-order valence-electron chi connectivity index (χ2n) is 7.48. The predicted octanol–water partition coefficient (Wildman–Crippen LogP) is 4.03. The molecule has 1 unspecified atom stereocenters. The molecule has 0 aliphatic carbocycles.